The number of ether oxygens (including phenoxy) is 1. The summed E-state index contributed by atoms with van der Waals surface area (Å²) in [5, 5.41) is 0. The third-order valence-corrected chi connectivity index (χ3v) is 4.84. The van der Waals surface area contributed by atoms with Crippen LogP contribution in [0.15, 0.2) is 36.5 Å². The van der Waals surface area contributed by atoms with Crippen molar-refractivity contribution in [1.82, 2.24) is 19.8 Å². The Morgan fingerprint density at radius 2 is 2.25 bits per heavy atom. The van der Waals surface area contributed by atoms with Gasteiger partial charge in [0.25, 0.3) is 5.91 Å². The van der Waals surface area contributed by atoms with E-state index in [0.717, 1.165) is 24.5 Å². The number of fused-ring (bicyclic) bond motifs is 1. The fourth-order valence-electron chi connectivity index (χ4n) is 3.65. The molecule has 2 saturated heterocycles. The van der Waals surface area contributed by atoms with Crippen LogP contribution in [-0.2, 0) is 11.3 Å². The Bertz CT molecular complexity index is 716. The van der Waals surface area contributed by atoms with Crippen molar-refractivity contribution in [2.24, 2.45) is 0 Å². The molecule has 0 saturated carbocycles. The Labute approximate surface area is 141 Å². The van der Waals surface area contributed by atoms with Gasteiger partial charge >= 0.3 is 0 Å². The Balaban J connectivity index is 1.47. The summed E-state index contributed by atoms with van der Waals surface area (Å²) in [6.07, 6.45) is 1.87. The van der Waals surface area contributed by atoms with Crippen LogP contribution < -0.4 is 0 Å². The second-order valence-corrected chi connectivity index (χ2v) is 6.51. The summed E-state index contributed by atoms with van der Waals surface area (Å²) in [7, 11) is 0. The zero-order chi connectivity index (χ0) is 16.5. The van der Waals surface area contributed by atoms with E-state index in [9.17, 15) is 4.79 Å². The maximum Gasteiger partial charge on any atom is 0.270 e. The summed E-state index contributed by atoms with van der Waals surface area (Å²) in [5.74, 6) is 0.0478. The zero-order valence-electron chi connectivity index (χ0n) is 13.8. The van der Waals surface area contributed by atoms with E-state index < -0.39 is 0 Å². The van der Waals surface area contributed by atoms with E-state index >= 15 is 0 Å². The predicted molar refractivity (Wildman–Crippen MR) is 89.6 cm³/mol. The van der Waals surface area contributed by atoms with Crippen LogP contribution in [-0.4, -0.2) is 64.1 Å². The van der Waals surface area contributed by atoms with E-state index in [1.54, 1.807) is 6.20 Å². The van der Waals surface area contributed by atoms with Crippen molar-refractivity contribution in [2.75, 3.05) is 26.2 Å². The van der Waals surface area contributed by atoms with E-state index in [2.05, 4.69) is 20.9 Å². The lowest BCUT2D eigenvalue weighted by Gasteiger charge is -2.36. The summed E-state index contributed by atoms with van der Waals surface area (Å²) in [6.45, 7) is 5.75. The van der Waals surface area contributed by atoms with E-state index in [4.69, 9.17) is 4.74 Å². The van der Waals surface area contributed by atoms with Crippen LogP contribution in [0.5, 0.6) is 0 Å². The van der Waals surface area contributed by atoms with Crippen LogP contribution in [0, 0.1) is 6.92 Å². The SMILES string of the molecule is Cc1cccc(CN2CCO[C@@H]3CN(C(=O)c4ccc[nH]4)C[C@@H]32)n1. The van der Waals surface area contributed by atoms with Gasteiger partial charge in [-0.25, -0.2) is 0 Å². The number of aromatic nitrogens is 2. The Hall–Kier alpha value is -2.18. The van der Waals surface area contributed by atoms with Crippen LogP contribution in [0.4, 0.5) is 0 Å². The van der Waals surface area contributed by atoms with Gasteiger partial charge in [0.1, 0.15) is 5.69 Å². The number of aryl methyl sites for hydroxylation is 1. The molecule has 2 aliphatic heterocycles. The molecule has 1 N–H and O–H groups in total. The second-order valence-electron chi connectivity index (χ2n) is 6.51. The number of aromatic amines is 1. The molecular weight excluding hydrogens is 304 g/mol. The molecule has 2 aromatic heterocycles. The fourth-order valence-corrected chi connectivity index (χ4v) is 3.65. The van der Waals surface area contributed by atoms with Gasteiger partial charge in [0, 0.05) is 38.1 Å². The second kappa shape index (κ2) is 6.37. The van der Waals surface area contributed by atoms with Crippen molar-refractivity contribution < 1.29 is 9.53 Å². The number of hydrogen-bond donors (Lipinski definition) is 1. The van der Waals surface area contributed by atoms with Gasteiger partial charge in [-0.1, -0.05) is 6.07 Å². The summed E-state index contributed by atoms with van der Waals surface area (Å²) in [4.78, 5) is 24.5. The Morgan fingerprint density at radius 1 is 1.33 bits per heavy atom. The van der Waals surface area contributed by atoms with Crippen molar-refractivity contribution in [1.29, 1.82) is 0 Å². The number of carbonyl (C=O) groups excluding carboxylic acids is 1. The molecular formula is C18H22N4O2. The molecule has 4 heterocycles. The van der Waals surface area contributed by atoms with E-state index in [1.165, 1.54) is 0 Å². The number of morpholine rings is 1. The van der Waals surface area contributed by atoms with E-state index in [1.807, 2.05) is 36.1 Å². The molecule has 0 spiro atoms. The average molecular weight is 326 g/mol. The lowest BCUT2D eigenvalue weighted by atomic mass is 10.1. The number of nitrogens with zero attached hydrogens (tertiary/aromatic N) is 3. The van der Waals surface area contributed by atoms with Gasteiger partial charge in [-0.3, -0.25) is 14.7 Å². The minimum absolute atomic E-state index is 0.0478. The molecule has 6 heteroatoms. The highest BCUT2D eigenvalue weighted by Crippen LogP contribution is 2.25. The highest BCUT2D eigenvalue weighted by atomic mass is 16.5. The van der Waals surface area contributed by atoms with Gasteiger partial charge in [-0.2, -0.15) is 0 Å². The first-order chi connectivity index (χ1) is 11.7. The van der Waals surface area contributed by atoms with Gasteiger partial charge in [-0.05, 0) is 31.2 Å². The molecule has 4 rings (SSSR count). The third-order valence-electron chi connectivity index (χ3n) is 4.84. The third kappa shape index (κ3) is 2.95. The van der Waals surface area contributed by atoms with E-state index in [-0.39, 0.29) is 18.1 Å². The number of pyridine rings is 1. The molecule has 0 aliphatic carbocycles. The van der Waals surface area contributed by atoms with Gasteiger partial charge in [0.2, 0.25) is 0 Å². The minimum atomic E-state index is 0.0478. The quantitative estimate of drug-likeness (QED) is 0.927. The maximum absolute atomic E-state index is 12.6. The first-order valence-corrected chi connectivity index (χ1v) is 8.41. The Kier molecular flexibility index (Phi) is 4.08. The number of rotatable bonds is 3. The number of amides is 1. The van der Waals surface area contributed by atoms with E-state index in [0.29, 0.717) is 25.4 Å². The van der Waals surface area contributed by atoms with Crippen LogP contribution in [0.2, 0.25) is 0 Å². The normalized spacial score (nSPS) is 24.1. The number of H-pyrrole nitrogens is 1. The van der Waals surface area contributed by atoms with Crippen LogP contribution in [0.25, 0.3) is 0 Å². The monoisotopic (exact) mass is 326 g/mol. The van der Waals surface area contributed by atoms with Gasteiger partial charge in [0.05, 0.1) is 24.4 Å². The zero-order valence-corrected chi connectivity index (χ0v) is 13.8. The summed E-state index contributed by atoms with van der Waals surface area (Å²) < 4.78 is 5.93. The number of carbonyl (C=O) groups is 1. The smallest absolute Gasteiger partial charge is 0.270 e. The molecule has 2 fully saturated rings. The highest BCUT2D eigenvalue weighted by Gasteiger charge is 2.42. The number of nitrogens with one attached hydrogen (secondary N) is 1. The van der Waals surface area contributed by atoms with Gasteiger partial charge in [0.15, 0.2) is 0 Å². The number of hydrogen-bond acceptors (Lipinski definition) is 4. The summed E-state index contributed by atoms with van der Waals surface area (Å²) in [5.41, 5.74) is 2.75. The molecule has 24 heavy (non-hydrogen) atoms. The lowest BCUT2D eigenvalue weighted by molar-refractivity contribution is -0.0507. The summed E-state index contributed by atoms with van der Waals surface area (Å²) >= 11 is 0. The van der Waals surface area contributed by atoms with Crippen molar-refractivity contribution in [3.05, 3.63) is 53.6 Å². The first-order valence-electron chi connectivity index (χ1n) is 8.41. The Morgan fingerprint density at radius 3 is 3.04 bits per heavy atom. The molecule has 0 radical (unpaired) electrons. The summed E-state index contributed by atoms with van der Waals surface area (Å²) in [6, 6.07) is 10.0. The van der Waals surface area contributed by atoms with Crippen molar-refractivity contribution in [2.45, 2.75) is 25.6 Å². The largest absolute Gasteiger partial charge is 0.373 e. The lowest BCUT2D eigenvalue weighted by Crippen LogP contribution is -2.50. The van der Waals surface area contributed by atoms with Gasteiger partial charge < -0.3 is 14.6 Å². The standard InChI is InChI=1S/C18H22N4O2/c1-13-4-2-5-14(20-13)10-21-8-9-24-17-12-22(11-16(17)21)18(23)15-6-3-7-19-15/h2-7,16-17,19H,8-12H2,1H3/t16-,17+/m0/s1. The molecule has 6 nitrogen and oxygen atoms in total. The van der Waals surface area contributed by atoms with Crippen molar-refractivity contribution in [3.63, 3.8) is 0 Å². The maximum atomic E-state index is 12.6. The molecule has 0 unspecified atom stereocenters. The predicted octanol–water partition coefficient (Wildman–Crippen LogP) is 1.44. The molecule has 0 aromatic carbocycles. The van der Waals surface area contributed by atoms with Crippen LogP contribution in [0.1, 0.15) is 21.9 Å². The minimum Gasteiger partial charge on any atom is -0.373 e. The molecule has 2 aromatic rings. The average Bonchev–Trinajstić information content (AvgIpc) is 3.24. The van der Waals surface area contributed by atoms with Crippen molar-refractivity contribution >= 4 is 5.91 Å². The van der Waals surface area contributed by atoms with Gasteiger partial charge in [-0.15, -0.1) is 0 Å². The molecule has 0 bridgehead atoms. The topological polar surface area (TPSA) is 61.5 Å². The van der Waals surface area contributed by atoms with Crippen molar-refractivity contribution in [3.8, 4) is 0 Å². The van der Waals surface area contributed by atoms with Crippen LogP contribution in [0.3, 0.4) is 0 Å². The number of likely N-dealkylation sites (tertiary alicyclic amines) is 1. The molecule has 126 valence electrons. The van der Waals surface area contributed by atoms with Crippen LogP contribution >= 0.6 is 0 Å². The highest BCUT2D eigenvalue weighted by molar-refractivity contribution is 5.92. The molecule has 1 amide bonds. The molecule has 2 aliphatic rings. The fraction of sp³-hybridized carbons (Fsp3) is 0.444. The first kappa shape index (κ1) is 15.4. The molecule has 2 atom stereocenters.